The quantitative estimate of drug-likeness (QED) is 0.780. The zero-order chi connectivity index (χ0) is 13.9. The second kappa shape index (κ2) is 6.44. The highest BCUT2D eigenvalue weighted by Gasteiger charge is 2.45. The first-order chi connectivity index (χ1) is 8.97. The summed E-state index contributed by atoms with van der Waals surface area (Å²) in [6.07, 6.45) is 1.14. The third-order valence-corrected chi connectivity index (χ3v) is 4.35. The summed E-state index contributed by atoms with van der Waals surface area (Å²) in [4.78, 5) is 0. The van der Waals surface area contributed by atoms with Crippen molar-refractivity contribution in [1.82, 2.24) is 10.6 Å². The van der Waals surface area contributed by atoms with E-state index in [1.807, 2.05) is 6.92 Å². The predicted molar refractivity (Wildman–Crippen MR) is 70.0 cm³/mol. The minimum Gasteiger partial charge on any atom is -0.313 e. The van der Waals surface area contributed by atoms with Gasteiger partial charge in [-0.2, -0.15) is 13.2 Å². The first kappa shape index (κ1) is 15.1. The van der Waals surface area contributed by atoms with E-state index in [9.17, 15) is 13.2 Å². The largest absolute Gasteiger partial charge is 0.392 e. The van der Waals surface area contributed by atoms with Gasteiger partial charge in [-0.1, -0.05) is 12.8 Å². The highest BCUT2D eigenvalue weighted by Crippen LogP contribution is 2.41. The summed E-state index contributed by atoms with van der Waals surface area (Å²) in [6, 6.07) is 0.901. The van der Waals surface area contributed by atoms with Crippen molar-refractivity contribution in [3.8, 4) is 0 Å². The Balaban J connectivity index is 1.72. The maximum Gasteiger partial charge on any atom is 0.392 e. The fourth-order valence-corrected chi connectivity index (χ4v) is 2.94. The van der Waals surface area contributed by atoms with Gasteiger partial charge in [0.25, 0.3) is 0 Å². The van der Waals surface area contributed by atoms with Crippen molar-refractivity contribution in [2.24, 2.45) is 11.8 Å². The van der Waals surface area contributed by atoms with E-state index < -0.39 is 12.1 Å². The molecule has 2 nitrogen and oxygen atoms in total. The van der Waals surface area contributed by atoms with E-state index in [0.717, 1.165) is 19.4 Å². The Morgan fingerprint density at radius 3 is 2.42 bits per heavy atom. The Bertz CT molecular complexity index is 276. The van der Waals surface area contributed by atoms with Gasteiger partial charge in [-0.05, 0) is 45.1 Å². The molecule has 3 unspecified atom stereocenters. The third-order valence-electron chi connectivity index (χ3n) is 4.35. The fourth-order valence-electron chi connectivity index (χ4n) is 2.94. The van der Waals surface area contributed by atoms with Crippen molar-refractivity contribution in [3.63, 3.8) is 0 Å². The number of nitrogens with one attached hydrogen (secondary N) is 2. The summed E-state index contributed by atoms with van der Waals surface area (Å²) in [6.45, 7) is 3.40. The molecular formula is C14H25F3N2. The number of rotatable bonds is 6. The molecule has 0 aromatic rings. The van der Waals surface area contributed by atoms with Gasteiger partial charge in [-0.25, -0.2) is 0 Å². The monoisotopic (exact) mass is 278 g/mol. The maximum absolute atomic E-state index is 12.9. The molecule has 0 amide bonds. The third kappa shape index (κ3) is 4.95. The van der Waals surface area contributed by atoms with Gasteiger partial charge in [-0.3, -0.25) is 0 Å². The van der Waals surface area contributed by atoms with Gasteiger partial charge in [0, 0.05) is 18.6 Å². The summed E-state index contributed by atoms with van der Waals surface area (Å²) in [5.41, 5.74) is 0. The van der Waals surface area contributed by atoms with Crippen LogP contribution in [-0.4, -0.2) is 31.3 Å². The highest BCUT2D eigenvalue weighted by molar-refractivity contribution is 4.85. The van der Waals surface area contributed by atoms with Crippen molar-refractivity contribution in [3.05, 3.63) is 0 Å². The van der Waals surface area contributed by atoms with Crippen LogP contribution in [0.5, 0.6) is 0 Å². The molecule has 19 heavy (non-hydrogen) atoms. The van der Waals surface area contributed by atoms with Crippen molar-refractivity contribution in [2.45, 2.75) is 63.7 Å². The van der Waals surface area contributed by atoms with Crippen LogP contribution in [0, 0.1) is 11.8 Å². The smallest absolute Gasteiger partial charge is 0.313 e. The molecule has 2 saturated carbocycles. The second-order valence-electron chi connectivity index (χ2n) is 6.18. The number of hydrogen-bond donors (Lipinski definition) is 2. The number of halogens is 3. The van der Waals surface area contributed by atoms with Gasteiger partial charge < -0.3 is 10.6 Å². The van der Waals surface area contributed by atoms with Crippen molar-refractivity contribution in [2.75, 3.05) is 13.1 Å². The molecule has 0 radical (unpaired) electrons. The molecule has 0 aromatic heterocycles. The molecule has 0 heterocycles. The van der Waals surface area contributed by atoms with Gasteiger partial charge in [0.05, 0.1) is 5.92 Å². The van der Waals surface area contributed by atoms with E-state index >= 15 is 0 Å². The Morgan fingerprint density at radius 1 is 1.11 bits per heavy atom. The lowest BCUT2D eigenvalue weighted by Crippen LogP contribution is -2.43. The average Bonchev–Trinajstić information content (AvgIpc) is 3.17. The number of hydrogen-bond acceptors (Lipinski definition) is 2. The van der Waals surface area contributed by atoms with Gasteiger partial charge >= 0.3 is 6.18 Å². The van der Waals surface area contributed by atoms with Crippen LogP contribution in [0.4, 0.5) is 13.2 Å². The first-order valence-electron chi connectivity index (χ1n) is 7.50. The molecule has 5 heteroatoms. The van der Waals surface area contributed by atoms with Crippen molar-refractivity contribution in [1.29, 1.82) is 0 Å². The van der Waals surface area contributed by atoms with Gasteiger partial charge in [0.2, 0.25) is 0 Å². The Morgan fingerprint density at radius 2 is 1.79 bits per heavy atom. The molecule has 3 atom stereocenters. The average molecular weight is 278 g/mol. The molecule has 0 saturated heterocycles. The summed E-state index contributed by atoms with van der Waals surface area (Å²) in [5, 5.41) is 6.68. The SMILES string of the molecule is CC(CNC1CC1)NCC1CCCCC1C(F)(F)F. The standard InChI is InChI=1S/C14H25F3N2/c1-10(8-19-12-6-7-12)18-9-11-4-2-3-5-13(11)14(15,16)17/h10-13,18-19H,2-9H2,1H3. The Labute approximate surface area is 113 Å². The van der Waals surface area contributed by atoms with E-state index in [2.05, 4.69) is 10.6 Å². The Kier molecular flexibility index (Phi) is 5.12. The summed E-state index contributed by atoms with van der Waals surface area (Å²) in [7, 11) is 0. The molecule has 112 valence electrons. The van der Waals surface area contributed by atoms with Crippen LogP contribution in [0.15, 0.2) is 0 Å². The van der Waals surface area contributed by atoms with E-state index in [4.69, 9.17) is 0 Å². The zero-order valence-electron chi connectivity index (χ0n) is 11.6. The topological polar surface area (TPSA) is 24.1 Å². The maximum atomic E-state index is 12.9. The summed E-state index contributed by atoms with van der Waals surface area (Å²) < 4.78 is 38.8. The molecular weight excluding hydrogens is 253 g/mol. The molecule has 2 rings (SSSR count). The molecule has 0 bridgehead atoms. The van der Waals surface area contributed by atoms with E-state index in [1.165, 1.54) is 12.8 Å². The molecule has 0 spiro atoms. The van der Waals surface area contributed by atoms with Crippen molar-refractivity contribution >= 4 is 0 Å². The van der Waals surface area contributed by atoms with E-state index in [-0.39, 0.29) is 12.0 Å². The van der Waals surface area contributed by atoms with Crippen LogP contribution < -0.4 is 10.6 Å². The minimum atomic E-state index is -4.03. The van der Waals surface area contributed by atoms with Gasteiger partial charge in [0.1, 0.15) is 0 Å². The molecule has 0 aliphatic heterocycles. The van der Waals surface area contributed by atoms with Gasteiger partial charge in [0.15, 0.2) is 0 Å². The lowest BCUT2D eigenvalue weighted by Gasteiger charge is -2.34. The lowest BCUT2D eigenvalue weighted by atomic mass is 9.78. The van der Waals surface area contributed by atoms with Crippen LogP contribution >= 0.6 is 0 Å². The first-order valence-corrected chi connectivity index (χ1v) is 7.50. The molecule has 0 aromatic carbocycles. The predicted octanol–water partition coefficient (Wildman–Crippen LogP) is 3.09. The van der Waals surface area contributed by atoms with Crippen LogP contribution in [0.1, 0.15) is 45.4 Å². The fraction of sp³-hybridized carbons (Fsp3) is 1.00. The molecule has 2 aliphatic carbocycles. The van der Waals surface area contributed by atoms with Crippen molar-refractivity contribution < 1.29 is 13.2 Å². The number of alkyl halides is 3. The summed E-state index contributed by atoms with van der Waals surface area (Å²) >= 11 is 0. The minimum absolute atomic E-state index is 0.239. The molecule has 2 fully saturated rings. The molecule has 2 N–H and O–H groups in total. The highest BCUT2D eigenvalue weighted by atomic mass is 19.4. The summed E-state index contributed by atoms with van der Waals surface area (Å²) in [5.74, 6) is -1.34. The van der Waals surface area contributed by atoms with E-state index in [1.54, 1.807) is 0 Å². The van der Waals surface area contributed by atoms with Crippen LogP contribution in [0.25, 0.3) is 0 Å². The Hall–Kier alpha value is -0.290. The van der Waals surface area contributed by atoms with Crippen LogP contribution in [0.3, 0.4) is 0 Å². The normalized spacial score (nSPS) is 30.3. The van der Waals surface area contributed by atoms with Crippen LogP contribution in [-0.2, 0) is 0 Å². The van der Waals surface area contributed by atoms with E-state index in [0.29, 0.717) is 25.4 Å². The lowest BCUT2D eigenvalue weighted by molar-refractivity contribution is -0.195. The molecule has 2 aliphatic rings. The van der Waals surface area contributed by atoms with Crippen LogP contribution in [0.2, 0.25) is 0 Å². The van der Waals surface area contributed by atoms with Gasteiger partial charge in [-0.15, -0.1) is 0 Å². The second-order valence-corrected chi connectivity index (χ2v) is 6.18. The zero-order valence-corrected chi connectivity index (χ0v) is 11.6.